The SMILES string of the molecule is CCC(C)(CCOC(=O)c1ccccc1C(=O)OCCOC(C)(C)CCO)OCCOC(=O)NCC1(C)CC(N)CC(C)(C)C1. The van der Waals surface area contributed by atoms with Crippen molar-refractivity contribution in [3.05, 3.63) is 35.4 Å². The average Bonchev–Trinajstić information content (AvgIpc) is 2.95. The van der Waals surface area contributed by atoms with Crippen molar-refractivity contribution in [2.75, 3.05) is 46.2 Å². The number of esters is 2. The maximum Gasteiger partial charge on any atom is 0.407 e. The number of benzene rings is 1. The van der Waals surface area contributed by atoms with Crippen LogP contribution in [0.15, 0.2) is 24.3 Å². The predicted octanol–water partition coefficient (Wildman–Crippen LogP) is 5.02. The first-order chi connectivity index (χ1) is 21.0. The zero-order chi connectivity index (χ0) is 33.7. The van der Waals surface area contributed by atoms with Crippen molar-refractivity contribution in [1.82, 2.24) is 5.32 Å². The molecular weight excluding hydrogens is 580 g/mol. The van der Waals surface area contributed by atoms with Gasteiger partial charge in [0.1, 0.15) is 13.2 Å². The molecule has 3 atom stereocenters. The summed E-state index contributed by atoms with van der Waals surface area (Å²) in [5.74, 6) is -1.30. The Kier molecular flexibility index (Phi) is 14.7. The molecule has 11 heteroatoms. The van der Waals surface area contributed by atoms with E-state index in [1.54, 1.807) is 12.1 Å². The van der Waals surface area contributed by atoms with Gasteiger partial charge in [-0.25, -0.2) is 14.4 Å². The number of hydrogen-bond acceptors (Lipinski definition) is 10. The average molecular weight is 637 g/mol. The topological polar surface area (TPSA) is 156 Å². The van der Waals surface area contributed by atoms with E-state index in [9.17, 15) is 14.4 Å². The van der Waals surface area contributed by atoms with E-state index in [0.29, 0.717) is 25.8 Å². The highest BCUT2D eigenvalue weighted by molar-refractivity contribution is 6.03. The normalized spacial score (nSPS) is 21.0. The van der Waals surface area contributed by atoms with Gasteiger partial charge in [0.2, 0.25) is 0 Å². The first-order valence-corrected chi connectivity index (χ1v) is 16.0. The van der Waals surface area contributed by atoms with Crippen LogP contribution in [-0.2, 0) is 23.7 Å². The predicted molar refractivity (Wildman–Crippen MR) is 171 cm³/mol. The van der Waals surface area contributed by atoms with E-state index in [1.165, 1.54) is 12.1 Å². The van der Waals surface area contributed by atoms with Gasteiger partial charge in [-0.3, -0.25) is 0 Å². The number of hydrogen-bond donors (Lipinski definition) is 3. The molecule has 1 aliphatic rings. The van der Waals surface area contributed by atoms with Crippen LogP contribution in [0.5, 0.6) is 0 Å². The summed E-state index contributed by atoms with van der Waals surface area (Å²) >= 11 is 0. The van der Waals surface area contributed by atoms with Gasteiger partial charge in [-0.1, -0.05) is 39.8 Å². The second kappa shape index (κ2) is 17.3. The number of aliphatic hydroxyl groups is 1. The molecule has 1 fully saturated rings. The molecule has 2 rings (SSSR count). The number of nitrogens with two attached hydrogens (primary N) is 1. The summed E-state index contributed by atoms with van der Waals surface area (Å²) in [6.07, 6.45) is 3.83. The lowest BCUT2D eigenvalue weighted by atomic mass is 9.63. The third kappa shape index (κ3) is 13.7. The molecule has 1 saturated carbocycles. The highest BCUT2D eigenvalue weighted by Crippen LogP contribution is 2.45. The van der Waals surface area contributed by atoms with Gasteiger partial charge in [-0.15, -0.1) is 0 Å². The maximum atomic E-state index is 12.9. The van der Waals surface area contributed by atoms with E-state index >= 15 is 0 Å². The van der Waals surface area contributed by atoms with Gasteiger partial charge in [-0.2, -0.15) is 0 Å². The van der Waals surface area contributed by atoms with Gasteiger partial charge in [0.15, 0.2) is 0 Å². The van der Waals surface area contributed by atoms with Gasteiger partial charge in [0, 0.05) is 25.6 Å². The second-order valence-corrected chi connectivity index (χ2v) is 14.1. The van der Waals surface area contributed by atoms with E-state index in [2.05, 4.69) is 26.1 Å². The molecule has 256 valence electrons. The summed E-state index contributed by atoms with van der Waals surface area (Å²) in [5.41, 5.74) is 5.38. The number of aliphatic hydroxyl groups excluding tert-OH is 1. The minimum Gasteiger partial charge on any atom is -0.462 e. The Labute approximate surface area is 268 Å². The summed E-state index contributed by atoms with van der Waals surface area (Å²) in [5, 5.41) is 12.0. The van der Waals surface area contributed by atoms with Crippen molar-refractivity contribution in [2.45, 2.75) is 104 Å². The van der Waals surface area contributed by atoms with Crippen LogP contribution in [-0.4, -0.2) is 86.6 Å². The molecule has 3 unspecified atom stereocenters. The number of nitrogens with one attached hydrogen (secondary N) is 1. The minimum atomic E-state index is -0.655. The van der Waals surface area contributed by atoms with Crippen LogP contribution in [0.25, 0.3) is 0 Å². The van der Waals surface area contributed by atoms with Crippen LogP contribution >= 0.6 is 0 Å². The van der Waals surface area contributed by atoms with Gasteiger partial charge >= 0.3 is 18.0 Å². The van der Waals surface area contributed by atoms with Crippen molar-refractivity contribution in [1.29, 1.82) is 0 Å². The summed E-state index contributed by atoms with van der Waals surface area (Å²) in [4.78, 5) is 37.9. The van der Waals surface area contributed by atoms with Crippen molar-refractivity contribution in [2.24, 2.45) is 16.6 Å². The zero-order valence-electron chi connectivity index (χ0n) is 28.4. The number of rotatable bonds is 18. The van der Waals surface area contributed by atoms with E-state index < -0.39 is 29.2 Å². The van der Waals surface area contributed by atoms with Crippen LogP contribution in [0.3, 0.4) is 0 Å². The summed E-state index contributed by atoms with van der Waals surface area (Å²) in [6.45, 7) is 15.1. The Morgan fingerprint density at radius 3 is 2.04 bits per heavy atom. The number of alkyl carbamates (subject to hydrolysis) is 1. The molecule has 45 heavy (non-hydrogen) atoms. The van der Waals surface area contributed by atoms with Crippen molar-refractivity contribution < 1.29 is 43.2 Å². The van der Waals surface area contributed by atoms with E-state index in [-0.39, 0.29) is 67.6 Å². The Morgan fingerprint density at radius 1 is 0.889 bits per heavy atom. The fraction of sp³-hybridized carbons (Fsp3) is 0.735. The molecule has 0 bridgehead atoms. The van der Waals surface area contributed by atoms with Crippen LogP contribution in [0.2, 0.25) is 0 Å². The highest BCUT2D eigenvalue weighted by Gasteiger charge is 2.40. The van der Waals surface area contributed by atoms with E-state index in [1.807, 2.05) is 27.7 Å². The van der Waals surface area contributed by atoms with Crippen LogP contribution < -0.4 is 11.1 Å². The van der Waals surface area contributed by atoms with Crippen LogP contribution in [0, 0.1) is 10.8 Å². The number of carbonyl (C=O) groups is 3. The molecular formula is C34H56N2O9. The van der Waals surface area contributed by atoms with Crippen molar-refractivity contribution in [3.63, 3.8) is 0 Å². The molecule has 1 aliphatic carbocycles. The Bertz CT molecular complexity index is 1110. The van der Waals surface area contributed by atoms with Gasteiger partial charge in [-0.05, 0) is 75.8 Å². The third-order valence-electron chi connectivity index (χ3n) is 8.40. The molecule has 1 aromatic carbocycles. The third-order valence-corrected chi connectivity index (χ3v) is 8.40. The fourth-order valence-electron chi connectivity index (χ4n) is 6.11. The fourth-order valence-corrected chi connectivity index (χ4v) is 6.11. The molecule has 0 spiro atoms. The van der Waals surface area contributed by atoms with Crippen molar-refractivity contribution >= 4 is 18.0 Å². The molecule has 4 N–H and O–H groups in total. The largest absolute Gasteiger partial charge is 0.462 e. The summed E-state index contributed by atoms with van der Waals surface area (Å²) in [7, 11) is 0. The lowest BCUT2D eigenvalue weighted by Crippen LogP contribution is -2.47. The molecule has 0 aliphatic heterocycles. The molecule has 1 amide bonds. The smallest absolute Gasteiger partial charge is 0.407 e. The van der Waals surface area contributed by atoms with Gasteiger partial charge in [0.25, 0.3) is 0 Å². The number of carbonyl (C=O) groups excluding carboxylic acids is 3. The first-order valence-electron chi connectivity index (χ1n) is 16.0. The van der Waals surface area contributed by atoms with E-state index in [0.717, 1.165) is 19.3 Å². The Morgan fingerprint density at radius 2 is 1.47 bits per heavy atom. The van der Waals surface area contributed by atoms with Gasteiger partial charge in [0.05, 0.1) is 42.1 Å². The Balaban J connectivity index is 1.75. The zero-order valence-corrected chi connectivity index (χ0v) is 28.4. The minimum absolute atomic E-state index is 0.00106. The molecule has 0 heterocycles. The summed E-state index contributed by atoms with van der Waals surface area (Å²) < 4.78 is 27.8. The molecule has 11 nitrogen and oxygen atoms in total. The van der Waals surface area contributed by atoms with Crippen LogP contribution in [0.1, 0.15) is 108 Å². The second-order valence-electron chi connectivity index (χ2n) is 14.1. The van der Waals surface area contributed by atoms with Crippen LogP contribution in [0.4, 0.5) is 4.79 Å². The Hall–Kier alpha value is -2.73. The number of ether oxygens (including phenoxy) is 5. The van der Waals surface area contributed by atoms with Gasteiger partial charge < -0.3 is 39.8 Å². The molecule has 1 aromatic rings. The monoisotopic (exact) mass is 636 g/mol. The molecule has 0 aromatic heterocycles. The number of amides is 1. The molecule has 0 saturated heterocycles. The summed E-state index contributed by atoms with van der Waals surface area (Å²) in [6, 6.07) is 6.44. The quantitative estimate of drug-likeness (QED) is 0.114. The standard InChI is InChI=1S/C34H56N2O9/c1-8-34(7,45-20-18-43-30(40)36-24-33(6)22-25(35)21-31(2,3)23-33)14-16-41-28(38)26-11-9-10-12-27(26)29(39)42-17-19-44-32(4,5)13-15-37/h9-12,25,37H,8,13-24,35H2,1-7H3,(H,36,40). The molecule has 0 radical (unpaired) electrons. The lowest BCUT2D eigenvalue weighted by molar-refractivity contribution is -0.0641. The first kappa shape index (κ1) is 38.5. The highest BCUT2D eigenvalue weighted by atomic mass is 16.6. The maximum absolute atomic E-state index is 12.9. The lowest BCUT2D eigenvalue weighted by Gasteiger charge is -2.45. The van der Waals surface area contributed by atoms with Crippen molar-refractivity contribution in [3.8, 4) is 0 Å². The van der Waals surface area contributed by atoms with E-state index in [4.69, 9.17) is 34.5 Å².